The molecule has 0 radical (unpaired) electrons. The maximum absolute atomic E-state index is 3.68. The third kappa shape index (κ3) is 7.12. The summed E-state index contributed by atoms with van der Waals surface area (Å²) in [7, 11) is 0. The van der Waals surface area contributed by atoms with E-state index in [0.29, 0.717) is 6.04 Å². The molecule has 0 spiro atoms. The van der Waals surface area contributed by atoms with Crippen molar-refractivity contribution in [3.63, 3.8) is 0 Å². The van der Waals surface area contributed by atoms with Crippen LogP contribution in [0.2, 0.25) is 0 Å². The molecule has 1 aromatic carbocycles. The van der Waals surface area contributed by atoms with Crippen LogP contribution in [-0.4, -0.2) is 6.54 Å². The lowest BCUT2D eigenvalue weighted by atomic mass is 10.0. The Morgan fingerprint density at radius 3 is 2.47 bits per heavy atom. The minimum atomic E-state index is 0.494. The quantitative estimate of drug-likeness (QED) is 0.532. The molecule has 0 aromatic heterocycles. The fourth-order valence-electron chi connectivity index (χ4n) is 2.40. The molecule has 1 aromatic rings. The summed E-state index contributed by atoms with van der Waals surface area (Å²) >= 11 is 3.55. The monoisotopic (exact) mass is 325 g/mol. The standard InChI is InChI=1S/C17H28BrN/c1-3-5-6-7-8-9-13-19-17(4-2)15-11-10-12-16(18)14-15/h10-12,14,17,19H,3-9,13H2,1-2H3. The second kappa shape index (κ2) is 10.4. The second-order valence-corrected chi connectivity index (χ2v) is 6.15. The number of hydrogen-bond acceptors (Lipinski definition) is 1. The first kappa shape index (κ1) is 16.7. The van der Waals surface area contributed by atoms with Crippen molar-refractivity contribution in [2.45, 2.75) is 64.8 Å². The average molecular weight is 326 g/mol. The van der Waals surface area contributed by atoms with Gasteiger partial charge in [0.25, 0.3) is 0 Å². The molecular weight excluding hydrogens is 298 g/mol. The van der Waals surface area contributed by atoms with E-state index in [1.165, 1.54) is 48.6 Å². The number of rotatable bonds is 10. The lowest BCUT2D eigenvalue weighted by molar-refractivity contribution is 0.493. The molecule has 1 unspecified atom stereocenters. The van der Waals surface area contributed by atoms with Gasteiger partial charge >= 0.3 is 0 Å². The first-order valence-electron chi connectivity index (χ1n) is 7.76. The Balaban J connectivity index is 2.22. The maximum Gasteiger partial charge on any atom is 0.0318 e. The Hall–Kier alpha value is -0.340. The molecular formula is C17H28BrN. The Kier molecular flexibility index (Phi) is 9.19. The molecule has 1 nitrogen and oxygen atoms in total. The van der Waals surface area contributed by atoms with Gasteiger partial charge in [0.15, 0.2) is 0 Å². The normalized spacial score (nSPS) is 12.6. The van der Waals surface area contributed by atoms with Crippen molar-refractivity contribution in [3.05, 3.63) is 34.3 Å². The van der Waals surface area contributed by atoms with Crippen LogP contribution in [0.4, 0.5) is 0 Å². The molecule has 0 bridgehead atoms. The molecule has 0 amide bonds. The molecule has 0 aliphatic heterocycles. The Morgan fingerprint density at radius 2 is 1.79 bits per heavy atom. The Bertz CT molecular complexity index is 338. The van der Waals surface area contributed by atoms with Crippen molar-refractivity contribution in [1.82, 2.24) is 5.32 Å². The summed E-state index contributed by atoms with van der Waals surface area (Å²) in [5, 5.41) is 3.68. The third-order valence-electron chi connectivity index (χ3n) is 3.58. The van der Waals surface area contributed by atoms with Crippen LogP contribution >= 0.6 is 15.9 Å². The summed E-state index contributed by atoms with van der Waals surface area (Å²) in [6.45, 7) is 5.66. The van der Waals surface area contributed by atoms with Gasteiger partial charge in [0.1, 0.15) is 0 Å². The minimum absolute atomic E-state index is 0.494. The van der Waals surface area contributed by atoms with Gasteiger partial charge in [-0.15, -0.1) is 0 Å². The van der Waals surface area contributed by atoms with Crippen LogP contribution in [0, 0.1) is 0 Å². The van der Waals surface area contributed by atoms with E-state index in [1.807, 2.05) is 0 Å². The molecule has 108 valence electrons. The molecule has 0 saturated heterocycles. The summed E-state index contributed by atoms with van der Waals surface area (Å²) in [6, 6.07) is 9.14. The molecule has 0 heterocycles. The molecule has 0 aliphatic rings. The highest BCUT2D eigenvalue weighted by atomic mass is 79.9. The minimum Gasteiger partial charge on any atom is -0.310 e. The van der Waals surface area contributed by atoms with E-state index in [-0.39, 0.29) is 0 Å². The second-order valence-electron chi connectivity index (χ2n) is 5.24. The van der Waals surface area contributed by atoms with Crippen LogP contribution in [-0.2, 0) is 0 Å². The predicted molar refractivity (Wildman–Crippen MR) is 88.6 cm³/mol. The lowest BCUT2D eigenvalue weighted by Crippen LogP contribution is -2.21. The highest BCUT2D eigenvalue weighted by Crippen LogP contribution is 2.20. The van der Waals surface area contributed by atoms with Gasteiger partial charge in [-0.25, -0.2) is 0 Å². The smallest absolute Gasteiger partial charge is 0.0318 e. The molecule has 0 fully saturated rings. The number of hydrogen-bond donors (Lipinski definition) is 1. The van der Waals surface area contributed by atoms with Gasteiger partial charge < -0.3 is 5.32 Å². The zero-order valence-electron chi connectivity index (χ0n) is 12.4. The summed E-state index contributed by atoms with van der Waals surface area (Å²) in [6.07, 6.45) is 9.33. The van der Waals surface area contributed by atoms with Crippen molar-refractivity contribution in [2.24, 2.45) is 0 Å². The maximum atomic E-state index is 3.68. The number of nitrogens with one attached hydrogen (secondary N) is 1. The van der Waals surface area contributed by atoms with Crippen molar-refractivity contribution in [3.8, 4) is 0 Å². The van der Waals surface area contributed by atoms with Crippen LogP contribution < -0.4 is 5.32 Å². The molecule has 1 atom stereocenters. The van der Waals surface area contributed by atoms with Crippen molar-refractivity contribution in [2.75, 3.05) is 6.54 Å². The zero-order chi connectivity index (χ0) is 13.9. The fourth-order valence-corrected chi connectivity index (χ4v) is 2.82. The molecule has 2 heteroatoms. The van der Waals surface area contributed by atoms with Gasteiger partial charge in [0.2, 0.25) is 0 Å². The van der Waals surface area contributed by atoms with Gasteiger partial charge in [0, 0.05) is 10.5 Å². The van der Waals surface area contributed by atoms with Crippen LogP contribution in [0.5, 0.6) is 0 Å². The summed E-state index contributed by atoms with van der Waals surface area (Å²) in [5.74, 6) is 0. The van der Waals surface area contributed by atoms with Gasteiger partial charge in [-0.3, -0.25) is 0 Å². The summed E-state index contributed by atoms with van der Waals surface area (Å²) in [5.41, 5.74) is 1.39. The van der Waals surface area contributed by atoms with E-state index in [4.69, 9.17) is 0 Å². The van der Waals surface area contributed by atoms with Gasteiger partial charge in [0.05, 0.1) is 0 Å². The van der Waals surface area contributed by atoms with E-state index in [2.05, 4.69) is 59.4 Å². The average Bonchev–Trinajstić information content (AvgIpc) is 2.42. The highest BCUT2D eigenvalue weighted by molar-refractivity contribution is 9.10. The summed E-state index contributed by atoms with van der Waals surface area (Å²) in [4.78, 5) is 0. The Morgan fingerprint density at radius 1 is 1.05 bits per heavy atom. The van der Waals surface area contributed by atoms with Gasteiger partial charge in [-0.2, -0.15) is 0 Å². The number of unbranched alkanes of at least 4 members (excludes halogenated alkanes) is 5. The van der Waals surface area contributed by atoms with E-state index in [0.717, 1.165) is 13.0 Å². The van der Waals surface area contributed by atoms with Crippen LogP contribution in [0.1, 0.15) is 70.4 Å². The van der Waals surface area contributed by atoms with Gasteiger partial charge in [-0.1, -0.05) is 74.0 Å². The summed E-state index contributed by atoms with van der Waals surface area (Å²) < 4.78 is 1.17. The molecule has 0 saturated carbocycles. The van der Waals surface area contributed by atoms with Crippen molar-refractivity contribution in [1.29, 1.82) is 0 Å². The number of benzene rings is 1. The van der Waals surface area contributed by atoms with Crippen molar-refractivity contribution >= 4 is 15.9 Å². The third-order valence-corrected chi connectivity index (χ3v) is 4.07. The van der Waals surface area contributed by atoms with E-state index < -0.39 is 0 Å². The van der Waals surface area contributed by atoms with Gasteiger partial charge in [-0.05, 0) is 37.1 Å². The molecule has 1 rings (SSSR count). The predicted octanol–water partition coefficient (Wildman–Crippen LogP) is 5.85. The first-order valence-corrected chi connectivity index (χ1v) is 8.56. The van der Waals surface area contributed by atoms with Crippen LogP contribution in [0.25, 0.3) is 0 Å². The van der Waals surface area contributed by atoms with Crippen LogP contribution in [0.3, 0.4) is 0 Å². The molecule has 0 aliphatic carbocycles. The fraction of sp³-hybridized carbons (Fsp3) is 0.647. The topological polar surface area (TPSA) is 12.0 Å². The molecule has 19 heavy (non-hydrogen) atoms. The lowest BCUT2D eigenvalue weighted by Gasteiger charge is -2.17. The Labute approximate surface area is 127 Å². The zero-order valence-corrected chi connectivity index (χ0v) is 14.0. The van der Waals surface area contributed by atoms with E-state index in [1.54, 1.807) is 0 Å². The largest absolute Gasteiger partial charge is 0.310 e. The SMILES string of the molecule is CCCCCCCCNC(CC)c1cccc(Br)c1. The number of halogens is 1. The van der Waals surface area contributed by atoms with Crippen molar-refractivity contribution < 1.29 is 0 Å². The van der Waals surface area contributed by atoms with E-state index in [9.17, 15) is 0 Å². The highest BCUT2D eigenvalue weighted by Gasteiger charge is 2.07. The molecule has 1 N–H and O–H groups in total. The first-order chi connectivity index (χ1) is 9.27. The van der Waals surface area contributed by atoms with E-state index >= 15 is 0 Å². The van der Waals surface area contributed by atoms with Crippen LogP contribution in [0.15, 0.2) is 28.7 Å².